The van der Waals surface area contributed by atoms with Crippen LogP contribution < -0.4 is 5.32 Å². The fourth-order valence-electron chi connectivity index (χ4n) is 1.78. The van der Waals surface area contributed by atoms with E-state index in [1.54, 1.807) is 39.0 Å². The molecule has 0 saturated heterocycles. The molecular weight excluding hydrogens is 273 g/mol. The number of H-pyrrole nitrogens is 1. The monoisotopic (exact) mass is 291 g/mol. The predicted octanol–water partition coefficient (Wildman–Crippen LogP) is 2.02. The molecule has 0 aliphatic rings. The predicted molar refractivity (Wildman–Crippen MR) is 77.3 cm³/mol. The molecular formula is C15H18FN3O2. The number of benzene rings is 1. The van der Waals surface area contributed by atoms with E-state index in [2.05, 4.69) is 15.5 Å². The quantitative estimate of drug-likeness (QED) is 0.806. The molecule has 0 radical (unpaired) electrons. The number of aliphatic hydroxyl groups is 1. The molecule has 1 heterocycles. The number of aromatic nitrogens is 2. The highest BCUT2D eigenvalue weighted by Crippen LogP contribution is 2.20. The van der Waals surface area contributed by atoms with Gasteiger partial charge in [0.25, 0.3) is 5.91 Å². The van der Waals surface area contributed by atoms with Gasteiger partial charge in [-0.2, -0.15) is 5.10 Å². The molecule has 21 heavy (non-hydrogen) atoms. The number of amides is 1. The SMILES string of the molecule is Cc1cc(-c2cc(C(=O)NCC(C)(C)O)[nH]n2)ccc1F. The third kappa shape index (κ3) is 3.88. The highest BCUT2D eigenvalue weighted by Gasteiger charge is 2.16. The molecule has 0 atom stereocenters. The first-order valence-corrected chi connectivity index (χ1v) is 6.59. The van der Waals surface area contributed by atoms with E-state index in [4.69, 9.17) is 0 Å². The van der Waals surface area contributed by atoms with Crippen LogP contribution in [0.2, 0.25) is 0 Å². The summed E-state index contributed by atoms with van der Waals surface area (Å²) in [4.78, 5) is 11.9. The van der Waals surface area contributed by atoms with Crippen molar-refractivity contribution in [3.63, 3.8) is 0 Å². The molecule has 3 N–H and O–H groups in total. The average molecular weight is 291 g/mol. The number of aryl methyl sites for hydroxylation is 1. The molecule has 5 nitrogen and oxygen atoms in total. The van der Waals surface area contributed by atoms with Gasteiger partial charge < -0.3 is 10.4 Å². The van der Waals surface area contributed by atoms with E-state index in [1.165, 1.54) is 6.07 Å². The molecule has 2 rings (SSSR count). The average Bonchev–Trinajstić information content (AvgIpc) is 2.88. The maximum Gasteiger partial charge on any atom is 0.269 e. The summed E-state index contributed by atoms with van der Waals surface area (Å²) in [6.45, 7) is 5.01. The lowest BCUT2D eigenvalue weighted by Crippen LogP contribution is -2.38. The van der Waals surface area contributed by atoms with Crippen molar-refractivity contribution < 1.29 is 14.3 Å². The van der Waals surface area contributed by atoms with E-state index in [0.717, 1.165) is 5.56 Å². The summed E-state index contributed by atoms with van der Waals surface area (Å²) in [5.41, 5.74) is 1.12. The van der Waals surface area contributed by atoms with Crippen molar-refractivity contribution >= 4 is 5.91 Å². The minimum atomic E-state index is -0.980. The minimum Gasteiger partial charge on any atom is -0.389 e. The normalized spacial score (nSPS) is 11.5. The maximum absolute atomic E-state index is 13.2. The lowest BCUT2D eigenvalue weighted by molar-refractivity contribution is 0.0692. The largest absolute Gasteiger partial charge is 0.389 e. The van der Waals surface area contributed by atoms with Gasteiger partial charge >= 0.3 is 0 Å². The molecule has 0 bridgehead atoms. The second-order valence-corrected chi connectivity index (χ2v) is 5.63. The zero-order valence-corrected chi connectivity index (χ0v) is 12.2. The van der Waals surface area contributed by atoms with Crippen molar-refractivity contribution in [3.8, 4) is 11.3 Å². The van der Waals surface area contributed by atoms with E-state index in [0.29, 0.717) is 11.3 Å². The molecule has 1 amide bonds. The molecule has 0 fully saturated rings. The third-order valence-corrected chi connectivity index (χ3v) is 2.96. The Hall–Kier alpha value is -2.21. The molecule has 112 valence electrons. The molecule has 0 aliphatic carbocycles. The summed E-state index contributed by atoms with van der Waals surface area (Å²) in [5, 5.41) is 18.9. The Morgan fingerprint density at radius 1 is 1.43 bits per heavy atom. The Morgan fingerprint density at radius 2 is 2.14 bits per heavy atom. The first kappa shape index (κ1) is 15.2. The van der Waals surface area contributed by atoms with Gasteiger partial charge in [-0.1, -0.05) is 0 Å². The number of hydrogen-bond acceptors (Lipinski definition) is 3. The van der Waals surface area contributed by atoms with Crippen molar-refractivity contribution in [2.24, 2.45) is 0 Å². The number of carbonyl (C=O) groups excluding carboxylic acids is 1. The van der Waals surface area contributed by atoms with Gasteiger partial charge in [-0.25, -0.2) is 4.39 Å². The van der Waals surface area contributed by atoms with Crippen LogP contribution in [0, 0.1) is 12.7 Å². The van der Waals surface area contributed by atoms with Crippen LogP contribution in [-0.4, -0.2) is 33.4 Å². The van der Waals surface area contributed by atoms with Crippen LogP contribution in [0.5, 0.6) is 0 Å². The molecule has 0 spiro atoms. The van der Waals surface area contributed by atoms with Gasteiger partial charge in [0.15, 0.2) is 0 Å². The van der Waals surface area contributed by atoms with Crippen molar-refractivity contribution in [2.75, 3.05) is 6.54 Å². The summed E-state index contributed by atoms with van der Waals surface area (Å²) in [5.74, 6) is -0.632. The van der Waals surface area contributed by atoms with Gasteiger partial charge in [0.05, 0.1) is 11.3 Å². The van der Waals surface area contributed by atoms with Gasteiger partial charge in [-0.3, -0.25) is 9.89 Å². The molecule has 1 aromatic carbocycles. The van der Waals surface area contributed by atoms with E-state index in [-0.39, 0.29) is 24.0 Å². The molecule has 0 saturated carbocycles. The topological polar surface area (TPSA) is 78.0 Å². The van der Waals surface area contributed by atoms with Gasteiger partial charge in [-0.15, -0.1) is 0 Å². The fourth-order valence-corrected chi connectivity index (χ4v) is 1.78. The van der Waals surface area contributed by atoms with E-state index in [1.807, 2.05) is 0 Å². The Bertz CT molecular complexity index is 659. The number of aromatic amines is 1. The van der Waals surface area contributed by atoms with E-state index in [9.17, 15) is 14.3 Å². The maximum atomic E-state index is 13.2. The lowest BCUT2D eigenvalue weighted by atomic mass is 10.1. The summed E-state index contributed by atoms with van der Waals surface area (Å²) in [6.07, 6.45) is 0. The first-order valence-electron chi connectivity index (χ1n) is 6.59. The lowest BCUT2D eigenvalue weighted by Gasteiger charge is -2.16. The highest BCUT2D eigenvalue weighted by atomic mass is 19.1. The smallest absolute Gasteiger partial charge is 0.269 e. The van der Waals surface area contributed by atoms with Crippen molar-refractivity contribution in [3.05, 3.63) is 41.3 Å². The number of nitrogens with zero attached hydrogens (tertiary/aromatic N) is 1. The van der Waals surface area contributed by atoms with Gasteiger partial charge in [0, 0.05) is 12.1 Å². The fraction of sp³-hybridized carbons (Fsp3) is 0.333. The first-order chi connectivity index (χ1) is 9.76. The summed E-state index contributed by atoms with van der Waals surface area (Å²) in [7, 11) is 0. The molecule has 6 heteroatoms. The number of carbonyl (C=O) groups is 1. The number of rotatable bonds is 4. The summed E-state index contributed by atoms with van der Waals surface area (Å²) >= 11 is 0. The number of halogens is 1. The summed E-state index contributed by atoms with van der Waals surface area (Å²) < 4.78 is 13.2. The van der Waals surface area contributed by atoms with Crippen LogP contribution >= 0.6 is 0 Å². The number of hydrogen-bond donors (Lipinski definition) is 3. The van der Waals surface area contributed by atoms with Crippen LogP contribution in [0.3, 0.4) is 0 Å². The standard InChI is InChI=1S/C15H18FN3O2/c1-9-6-10(4-5-11(9)16)12-7-13(19-18-12)14(20)17-8-15(2,3)21/h4-7,21H,8H2,1-3H3,(H,17,20)(H,18,19). The van der Waals surface area contributed by atoms with Crippen LogP contribution in [0.25, 0.3) is 11.3 Å². The van der Waals surface area contributed by atoms with Gasteiger partial charge in [-0.05, 0) is 50.6 Å². The Balaban J connectivity index is 2.14. The zero-order valence-electron chi connectivity index (χ0n) is 12.2. The Morgan fingerprint density at radius 3 is 2.76 bits per heavy atom. The van der Waals surface area contributed by atoms with Crippen LogP contribution in [0.15, 0.2) is 24.3 Å². The second-order valence-electron chi connectivity index (χ2n) is 5.63. The Kier molecular flexibility index (Phi) is 4.09. The van der Waals surface area contributed by atoms with Crippen LogP contribution in [0.1, 0.15) is 29.9 Å². The third-order valence-electron chi connectivity index (χ3n) is 2.96. The Labute approximate surface area is 122 Å². The van der Waals surface area contributed by atoms with Crippen molar-refractivity contribution in [2.45, 2.75) is 26.4 Å². The van der Waals surface area contributed by atoms with Crippen molar-refractivity contribution in [1.82, 2.24) is 15.5 Å². The molecule has 0 unspecified atom stereocenters. The molecule has 1 aromatic heterocycles. The number of nitrogens with one attached hydrogen (secondary N) is 2. The van der Waals surface area contributed by atoms with Crippen molar-refractivity contribution in [1.29, 1.82) is 0 Å². The molecule has 0 aliphatic heterocycles. The van der Waals surface area contributed by atoms with Crippen LogP contribution in [0.4, 0.5) is 4.39 Å². The minimum absolute atomic E-state index is 0.135. The zero-order chi connectivity index (χ0) is 15.6. The van der Waals surface area contributed by atoms with Crippen LogP contribution in [-0.2, 0) is 0 Å². The second kappa shape index (κ2) is 5.65. The highest BCUT2D eigenvalue weighted by molar-refractivity contribution is 5.93. The molecule has 2 aromatic rings. The van der Waals surface area contributed by atoms with Gasteiger partial charge in [0.1, 0.15) is 11.5 Å². The summed E-state index contributed by atoms with van der Waals surface area (Å²) in [6, 6.07) is 6.24. The van der Waals surface area contributed by atoms with Gasteiger partial charge in [0.2, 0.25) is 0 Å². The van der Waals surface area contributed by atoms with E-state index >= 15 is 0 Å². The van der Waals surface area contributed by atoms with E-state index < -0.39 is 5.60 Å².